The van der Waals surface area contributed by atoms with Gasteiger partial charge in [-0.2, -0.15) is 0 Å². The van der Waals surface area contributed by atoms with Crippen molar-refractivity contribution in [3.05, 3.63) is 40.6 Å². The molecule has 2 aromatic rings. The molecule has 6 heteroatoms. The van der Waals surface area contributed by atoms with Gasteiger partial charge in [-0.3, -0.25) is 10.1 Å². The molecule has 1 aromatic heterocycles. The summed E-state index contributed by atoms with van der Waals surface area (Å²) in [7, 11) is 5.95. The van der Waals surface area contributed by atoms with Crippen molar-refractivity contribution >= 4 is 22.3 Å². The van der Waals surface area contributed by atoms with Crippen molar-refractivity contribution < 1.29 is 9.49 Å². The van der Waals surface area contributed by atoms with Crippen molar-refractivity contribution in [2.75, 3.05) is 32.5 Å². The first-order valence-electron chi connectivity index (χ1n) is 6.95. The van der Waals surface area contributed by atoms with E-state index in [9.17, 15) is 10.1 Å². The van der Waals surface area contributed by atoms with Crippen LogP contribution in [0.4, 0.5) is 11.4 Å². The molecule has 0 spiro atoms. The minimum atomic E-state index is -0.326. The van der Waals surface area contributed by atoms with Gasteiger partial charge in [0.1, 0.15) is 12.4 Å². The largest absolute Gasteiger partial charge is 0.384 e. The SMILES string of the molecule is CN(C)CCCNc1cc[n+](C)c2cccc([N+](=O)[O-])c12. The summed E-state index contributed by atoms with van der Waals surface area (Å²) >= 11 is 0. The lowest BCUT2D eigenvalue weighted by atomic mass is 10.1. The van der Waals surface area contributed by atoms with Crippen LogP contribution in [-0.4, -0.2) is 37.0 Å². The highest BCUT2D eigenvalue weighted by atomic mass is 16.6. The summed E-state index contributed by atoms with van der Waals surface area (Å²) in [4.78, 5) is 13.1. The van der Waals surface area contributed by atoms with Gasteiger partial charge in [0.15, 0.2) is 6.20 Å². The van der Waals surface area contributed by atoms with Gasteiger partial charge in [-0.1, -0.05) is 0 Å². The van der Waals surface area contributed by atoms with Gasteiger partial charge >= 0.3 is 0 Å². The van der Waals surface area contributed by atoms with Crippen molar-refractivity contribution in [2.45, 2.75) is 6.42 Å². The number of aryl methyl sites for hydroxylation is 1. The number of hydrogen-bond acceptors (Lipinski definition) is 4. The lowest BCUT2D eigenvalue weighted by molar-refractivity contribution is -0.644. The predicted octanol–water partition coefficient (Wildman–Crippen LogP) is 1.94. The monoisotopic (exact) mass is 289 g/mol. The minimum Gasteiger partial charge on any atom is -0.384 e. The molecule has 1 heterocycles. The highest BCUT2D eigenvalue weighted by molar-refractivity contribution is 5.96. The van der Waals surface area contributed by atoms with Gasteiger partial charge in [-0.15, -0.1) is 0 Å². The Morgan fingerprint density at radius 1 is 1.33 bits per heavy atom. The minimum absolute atomic E-state index is 0.138. The number of aromatic nitrogens is 1. The molecule has 0 saturated carbocycles. The third kappa shape index (κ3) is 3.46. The van der Waals surface area contributed by atoms with E-state index in [1.54, 1.807) is 12.1 Å². The number of nitrogens with zero attached hydrogens (tertiary/aromatic N) is 3. The van der Waals surface area contributed by atoms with Gasteiger partial charge in [0.2, 0.25) is 5.52 Å². The summed E-state index contributed by atoms with van der Waals surface area (Å²) in [6, 6.07) is 7.06. The number of nitro benzene ring substituents is 1. The van der Waals surface area contributed by atoms with E-state index in [1.165, 1.54) is 0 Å². The second kappa shape index (κ2) is 6.49. The first kappa shape index (κ1) is 15.2. The van der Waals surface area contributed by atoms with Crippen LogP contribution in [0.2, 0.25) is 0 Å². The number of benzene rings is 1. The molecule has 1 aromatic carbocycles. The Labute approximate surface area is 124 Å². The molecule has 0 bridgehead atoms. The van der Waals surface area contributed by atoms with Gasteiger partial charge in [-0.25, -0.2) is 4.57 Å². The smallest absolute Gasteiger partial charge is 0.285 e. The molecule has 0 unspecified atom stereocenters. The number of rotatable bonds is 6. The molecule has 0 saturated heterocycles. The summed E-state index contributed by atoms with van der Waals surface area (Å²) in [6.07, 6.45) is 2.90. The van der Waals surface area contributed by atoms with Gasteiger partial charge in [0, 0.05) is 24.7 Å². The second-order valence-corrected chi connectivity index (χ2v) is 5.35. The molecule has 2 rings (SSSR count). The van der Waals surface area contributed by atoms with Gasteiger partial charge in [-0.05, 0) is 33.1 Å². The molecule has 0 fully saturated rings. The highest BCUT2D eigenvalue weighted by Gasteiger charge is 2.20. The topological polar surface area (TPSA) is 62.3 Å². The Hall–Kier alpha value is -2.21. The Bertz CT molecular complexity index is 655. The molecule has 0 aliphatic rings. The van der Waals surface area contributed by atoms with Crippen molar-refractivity contribution in [1.82, 2.24) is 4.90 Å². The maximum absolute atomic E-state index is 11.3. The Balaban J connectivity index is 2.35. The zero-order valence-corrected chi connectivity index (χ0v) is 12.7. The van der Waals surface area contributed by atoms with Gasteiger partial charge in [0.25, 0.3) is 5.69 Å². The van der Waals surface area contributed by atoms with Crippen molar-refractivity contribution in [3.63, 3.8) is 0 Å². The zero-order chi connectivity index (χ0) is 15.4. The molecule has 21 heavy (non-hydrogen) atoms. The zero-order valence-electron chi connectivity index (χ0n) is 12.7. The molecule has 0 amide bonds. The van der Waals surface area contributed by atoms with E-state index in [2.05, 4.69) is 10.2 Å². The van der Waals surface area contributed by atoms with Crippen LogP contribution in [0.1, 0.15) is 6.42 Å². The molecule has 0 aliphatic carbocycles. The van der Waals surface area contributed by atoms with Crippen LogP contribution in [0.3, 0.4) is 0 Å². The number of pyridine rings is 1. The average molecular weight is 289 g/mol. The summed E-state index contributed by atoms with van der Waals surface area (Å²) < 4.78 is 1.90. The fraction of sp³-hybridized carbons (Fsp3) is 0.400. The quantitative estimate of drug-likeness (QED) is 0.382. The average Bonchev–Trinajstić information content (AvgIpc) is 2.45. The number of non-ortho nitro benzene ring substituents is 1. The Morgan fingerprint density at radius 3 is 2.76 bits per heavy atom. The number of nitrogens with one attached hydrogen (secondary N) is 1. The van der Waals surface area contributed by atoms with Gasteiger partial charge < -0.3 is 10.2 Å². The number of nitro groups is 1. The fourth-order valence-corrected chi connectivity index (χ4v) is 2.37. The van der Waals surface area contributed by atoms with Crippen molar-refractivity contribution in [1.29, 1.82) is 0 Å². The van der Waals surface area contributed by atoms with Crippen molar-refractivity contribution in [2.24, 2.45) is 7.05 Å². The van der Waals surface area contributed by atoms with Crippen LogP contribution in [0.15, 0.2) is 30.5 Å². The molecular formula is C15H21N4O2+. The Morgan fingerprint density at radius 2 is 2.10 bits per heavy atom. The van der Waals surface area contributed by atoms with E-state index >= 15 is 0 Å². The molecule has 0 aliphatic heterocycles. The van der Waals surface area contributed by atoms with Crippen LogP contribution in [0.5, 0.6) is 0 Å². The van der Waals surface area contributed by atoms with Crippen LogP contribution in [-0.2, 0) is 7.05 Å². The Kier molecular flexibility index (Phi) is 4.70. The first-order chi connectivity index (χ1) is 10.0. The summed E-state index contributed by atoms with van der Waals surface area (Å²) in [5.41, 5.74) is 1.80. The maximum Gasteiger partial charge on any atom is 0.285 e. The van der Waals surface area contributed by atoms with Crippen LogP contribution < -0.4 is 9.88 Å². The van der Waals surface area contributed by atoms with Gasteiger partial charge in [0.05, 0.1) is 10.6 Å². The van der Waals surface area contributed by atoms with E-state index in [0.717, 1.165) is 30.7 Å². The van der Waals surface area contributed by atoms with Crippen LogP contribution >= 0.6 is 0 Å². The summed E-state index contributed by atoms with van der Waals surface area (Å²) in [6.45, 7) is 1.76. The third-order valence-corrected chi connectivity index (χ3v) is 3.43. The van der Waals surface area contributed by atoms with E-state index in [4.69, 9.17) is 0 Å². The standard InChI is InChI=1S/C15H20N4O2/c1-17(2)10-5-9-16-12-8-11-18(3)13-6-4-7-14(15(12)13)19(20)21/h4,6-8,11H,5,9-10H2,1-3H3/p+1. The number of fused-ring (bicyclic) bond motifs is 1. The molecule has 0 atom stereocenters. The lowest BCUT2D eigenvalue weighted by Gasteiger charge is -2.11. The second-order valence-electron chi connectivity index (χ2n) is 5.35. The summed E-state index contributed by atoms with van der Waals surface area (Å²) in [5, 5.41) is 15.2. The van der Waals surface area contributed by atoms with Crippen LogP contribution in [0.25, 0.3) is 10.9 Å². The number of anilines is 1. The molecule has 112 valence electrons. The number of hydrogen-bond donors (Lipinski definition) is 1. The van der Waals surface area contributed by atoms with E-state index in [-0.39, 0.29) is 10.6 Å². The molecule has 6 nitrogen and oxygen atoms in total. The maximum atomic E-state index is 11.3. The molecule has 0 radical (unpaired) electrons. The van der Waals surface area contributed by atoms with E-state index in [1.807, 2.05) is 44.0 Å². The van der Waals surface area contributed by atoms with Crippen molar-refractivity contribution in [3.8, 4) is 0 Å². The fourth-order valence-electron chi connectivity index (χ4n) is 2.37. The highest BCUT2D eigenvalue weighted by Crippen LogP contribution is 2.29. The van der Waals surface area contributed by atoms with Crippen LogP contribution in [0, 0.1) is 10.1 Å². The predicted molar refractivity (Wildman–Crippen MR) is 83.4 cm³/mol. The first-order valence-corrected chi connectivity index (χ1v) is 6.95. The lowest BCUT2D eigenvalue weighted by Crippen LogP contribution is -2.28. The molecular weight excluding hydrogens is 268 g/mol. The third-order valence-electron chi connectivity index (χ3n) is 3.43. The van der Waals surface area contributed by atoms with E-state index < -0.39 is 0 Å². The summed E-state index contributed by atoms with van der Waals surface area (Å²) in [5.74, 6) is 0. The molecule has 1 N–H and O–H groups in total. The normalized spacial score (nSPS) is 11.0. The van der Waals surface area contributed by atoms with E-state index in [0.29, 0.717) is 5.39 Å².